The fourth-order valence-corrected chi connectivity index (χ4v) is 3.57. The third-order valence-electron chi connectivity index (χ3n) is 4.99. The van der Waals surface area contributed by atoms with Crippen molar-refractivity contribution in [1.82, 2.24) is 30.2 Å². The molecule has 0 fully saturated rings. The molecule has 0 aliphatic carbocycles. The fourth-order valence-electron chi connectivity index (χ4n) is 3.57. The van der Waals surface area contributed by atoms with E-state index in [1.54, 1.807) is 26.1 Å². The average Bonchev–Trinajstić information content (AvgIpc) is 3.35. The number of benzene rings is 1. The number of rotatable bonds is 0. The number of ketones is 1. The number of nitrogens with one attached hydrogen (secondary N) is 1. The zero-order chi connectivity index (χ0) is 21.0. The monoisotopic (exact) mass is 405 g/mol. The molecule has 1 aromatic carbocycles. The van der Waals surface area contributed by atoms with E-state index in [-0.39, 0.29) is 17.3 Å². The van der Waals surface area contributed by atoms with Crippen LogP contribution in [0.1, 0.15) is 34.6 Å². The number of nitrogens with two attached hydrogens (primary N) is 1. The van der Waals surface area contributed by atoms with Crippen LogP contribution in [-0.2, 0) is 7.05 Å². The van der Waals surface area contributed by atoms with E-state index in [9.17, 15) is 9.18 Å². The van der Waals surface area contributed by atoms with Gasteiger partial charge in [0.25, 0.3) is 0 Å². The lowest BCUT2D eigenvalue weighted by molar-refractivity contribution is 0.103. The van der Waals surface area contributed by atoms with Crippen LogP contribution in [0.3, 0.4) is 0 Å². The Labute approximate surface area is 169 Å². The maximum atomic E-state index is 14.1. The van der Waals surface area contributed by atoms with Gasteiger partial charge < -0.3 is 10.5 Å². The molecule has 4 heterocycles. The minimum absolute atomic E-state index is 0.129. The molecule has 0 unspecified atom stereocenters. The van der Waals surface area contributed by atoms with Crippen LogP contribution in [-0.4, -0.2) is 36.0 Å². The van der Waals surface area contributed by atoms with E-state index in [0.717, 1.165) is 0 Å². The lowest BCUT2D eigenvalue weighted by Gasteiger charge is -2.20. The summed E-state index contributed by atoms with van der Waals surface area (Å²) in [5, 5.41) is 15.5. The predicted octanol–water partition coefficient (Wildman–Crippen LogP) is 2.67. The van der Waals surface area contributed by atoms with E-state index in [2.05, 4.69) is 25.4 Å². The number of carbonyl (C=O) groups excluding carboxylic acids is 1. The van der Waals surface area contributed by atoms with E-state index in [4.69, 9.17) is 10.5 Å². The Hall–Kier alpha value is -4.08. The SMILES string of the molecule is C[C@H]1Oc2cc(cnc2N)-c2[nH]ncc2C(=O)c2nn(C)nc2-c2ccc(F)cc21. The molecular formula is C20H16FN7O2. The number of halogens is 1. The first kappa shape index (κ1) is 18.0. The third kappa shape index (κ3) is 2.72. The molecule has 9 nitrogen and oxygen atoms in total. The number of fused-ring (bicyclic) bond motifs is 7. The van der Waals surface area contributed by atoms with Gasteiger partial charge in [-0.2, -0.15) is 15.0 Å². The van der Waals surface area contributed by atoms with Gasteiger partial charge in [0.1, 0.15) is 17.6 Å². The Bertz CT molecular complexity index is 1310. The molecule has 4 aromatic rings. The highest BCUT2D eigenvalue weighted by Gasteiger charge is 2.28. The molecule has 0 saturated heterocycles. The minimum atomic E-state index is -0.610. The predicted molar refractivity (Wildman–Crippen MR) is 105 cm³/mol. The first-order chi connectivity index (χ1) is 14.4. The number of aryl methyl sites for hydroxylation is 1. The van der Waals surface area contributed by atoms with Crippen molar-refractivity contribution in [2.24, 2.45) is 7.05 Å². The molecule has 3 N–H and O–H groups in total. The number of H-pyrrole nitrogens is 1. The van der Waals surface area contributed by atoms with Gasteiger partial charge in [0.05, 0.1) is 17.5 Å². The molecule has 0 radical (unpaired) electrons. The zero-order valence-corrected chi connectivity index (χ0v) is 16.0. The number of nitrogen functional groups attached to an aromatic ring is 1. The summed E-state index contributed by atoms with van der Waals surface area (Å²) in [5.74, 6) is -0.328. The summed E-state index contributed by atoms with van der Waals surface area (Å²) in [6.45, 7) is 1.76. The Morgan fingerprint density at radius 2 is 1.97 bits per heavy atom. The maximum Gasteiger partial charge on any atom is 0.219 e. The second-order valence-corrected chi connectivity index (χ2v) is 6.97. The number of carbonyl (C=O) groups is 1. The van der Waals surface area contributed by atoms with Crippen molar-refractivity contribution in [2.75, 3.05) is 5.73 Å². The van der Waals surface area contributed by atoms with Crippen LogP contribution in [0.5, 0.6) is 5.75 Å². The number of nitrogens with zero attached hydrogens (tertiary/aromatic N) is 5. The van der Waals surface area contributed by atoms with Gasteiger partial charge in [-0.1, -0.05) is 0 Å². The highest BCUT2D eigenvalue weighted by molar-refractivity contribution is 6.14. The maximum absolute atomic E-state index is 14.1. The molecule has 10 heteroatoms. The van der Waals surface area contributed by atoms with E-state index in [1.807, 2.05) is 0 Å². The van der Waals surface area contributed by atoms with Crippen LogP contribution in [0.2, 0.25) is 0 Å². The highest BCUT2D eigenvalue weighted by Crippen LogP contribution is 2.37. The van der Waals surface area contributed by atoms with Crippen molar-refractivity contribution in [2.45, 2.75) is 13.0 Å². The molecule has 3 aromatic heterocycles. The standard InChI is InChI=1S/C20H16FN7O2/c1-9-13-6-11(21)3-4-12(13)17-18(27-28(2)26-17)19(29)14-8-24-25-16(14)10-5-15(30-9)20(22)23-7-10/h3-9H,1-2H3,(H2,22,23)(H,24,25)/t9-/m1/s1. The molecule has 0 amide bonds. The van der Waals surface area contributed by atoms with Gasteiger partial charge in [-0.05, 0) is 31.2 Å². The van der Waals surface area contributed by atoms with Gasteiger partial charge in [0.15, 0.2) is 17.3 Å². The summed E-state index contributed by atoms with van der Waals surface area (Å²) in [4.78, 5) is 18.9. The Balaban J connectivity index is 1.85. The van der Waals surface area contributed by atoms with Crippen molar-refractivity contribution < 1.29 is 13.9 Å². The fraction of sp³-hybridized carbons (Fsp3) is 0.150. The van der Waals surface area contributed by atoms with Crippen LogP contribution in [0.4, 0.5) is 10.2 Å². The van der Waals surface area contributed by atoms with Crippen molar-refractivity contribution in [3.05, 3.63) is 59.3 Å². The summed E-state index contributed by atoms with van der Waals surface area (Å²) in [7, 11) is 1.62. The van der Waals surface area contributed by atoms with Gasteiger partial charge in [-0.25, -0.2) is 9.37 Å². The van der Waals surface area contributed by atoms with E-state index in [1.165, 1.54) is 29.3 Å². The molecule has 0 spiro atoms. The second kappa shape index (κ2) is 6.48. The number of hydrogen-bond acceptors (Lipinski definition) is 7. The van der Waals surface area contributed by atoms with Gasteiger partial charge >= 0.3 is 0 Å². The highest BCUT2D eigenvalue weighted by atomic mass is 19.1. The number of anilines is 1. The number of hydrogen-bond donors (Lipinski definition) is 2. The molecule has 2 bridgehead atoms. The summed E-state index contributed by atoms with van der Waals surface area (Å²) in [5.41, 5.74) is 8.82. The molecule has 1 aliphatic heterocycles. The molecule has 150 valence electrons. The quantitative estimate of drug-likeness (QED) is 0.461. The Morgan fingerprint density at radius 1 is 1.17 bits per heavy atom. The van der Waals surface area contributed by atoms with Crippen LogP contribution in [0.15, 0.2) is 36.7 Å². The molecule has 0 saturated carbocycles. The number of aromatic nitrogens is 6. The average molecular weight is 405 g/mol. The topological polar surface area (TPSA) is 125 Å². The second-order valence-electron chi connectivity index (χ2n) is 6.97. The van der Waals surface area contributed by atoms with Crippen LogP contribution in [0.25, 0.3) is 22.5 Å². The van der Waals surface area contributed by atoms with Gasteiger partial charge in [0.2, 0.25) is 5.78 Å². The molecule has 5 rings (SSSR count). The van der Waals surface area contributed by atoms with Gasteiger partial charge in [0, 0.05) is 29.9 Å². The minimum Gasteiger partial charge on any atom is -0.482 e. The van der Waals surface area contributed by atoms with Crippen molar-refractivity contribution >= 4 is 11.6 Å². The molecular weight excluding hydrogens is 389 g/mol. The van der Waals surface area contributed by atoms with Crippen molar-refractivity contribution in [3.63, 3.8) is 0 Å². The summed E-state index contributed by atoms with van der Waals surface area (Å²) in [6.07, 6.45) is 2.34. The molecule has 30 heavy (non-hydrogen) atoms. The van der Waals surface area contributed by atoms with Crippen LogP contribution in [0, 0.1) is 5.82 Å². The lowest BCUT2D eigenvalue weighted by atomic mass is 9.96. The zero-order valence-electron chi connectivity index (χ0n) is 16.0. The largest absolute Gasteiger partial charge is 0.482 e. The number of aromatic amines is 1. The molecule has 1 atom stereocenters. The first-order valence-corrected chi connectivity index (χ1v) is 9.14. The van der Waals surface area contributed by atoms with E-state index in [0.29, 0.717) is 39.4 Å². The normalized spacial score (nSPS) is 15.3. The van der Waals surface area contributed by atoms with Crippen molar-refractivity contribution in [1.29, 1.82) is 0 Å². The third-order valence-corrected chi connectivity index (χ3v) is 4.99. The summed E-state index contributed by atoms with van der Waals surface area (Å²) >= 11 is 0. The van der Waals surface area contributed by atoms with Crippen molar-refractivity contribution in [3.8, 4) is 28.3 Å². The smallest absolute Gasteiger partial charge is 0.219 e. The van der Waals surface area contributed by atoms with E-state index >= 15 is 0 Å². The summed E-state index contributed by atoms with van der Waals surface area (Å²) < 4.78 is 20.2. The number of pyridine rings is 1. The van der Waals surface area contributed by atoms with Crippen LogP contribution < -0.4 is 10.5 Å². The van der Waals surface area contributed by atoms with Gasteiger partial charge in [-0.3, -0.25) is 9.89 Å². The molecule has 1 aliphatic rings. The first-order valence-electron chi connectivity index (χ1n) is 9.14. The Morgan fingerprint density at radius 3 is 2.80 bits per heavy atom. The van der Waals surface area contributed by atoms with E-state index < -0.39 is 11.9 Å². The summed E-state index contributed by atoms with van der Waals surface area (Å²) in [6, 6.07) is 5.89. The van der Waals surface area contributed by atoms with Crippen LogP contribution >= 0.6 is 0 Å². The van der Waals surface area contributed by atoms with Gasteiger partial charge in [-0.15, -0.1) is 5.10 Å². The number of ether oxygens (including phenoxy) is 1. The lowest BCUT2D eigenvalue weighted by Crippen LogP contribution is -2.11. The Kier molecular flexibility index (Phi) is 3.88.